The Kier molecular flexibility index (Phi) is 5.60. The van der Waals surface area contributed by atoms with E-state index >= 15 is 0 Å². The van der Waals surface area contributed by atoms with Gasteiger partial charge in [-0.15, -0.1) is 0 Å². The zero-order valence-corrected chi connectivity index (χ0v) is 14.2. The number of methoxy groups -OCH3 is 1. The van der Waals surface area contributed by atoms with Crippen LogP contribution in [0.4, 0.5) is 5.69 Å². The van der Waals surface area contributed by atoms with E-state index in [2.05, 4.69) is 11.2 Å². The molecule has 0 saturated carbocycles. The number of amidine groups is 1. The summed E-state index contributed by atoms with van der Waals surface area (Å²) in [7, 11) is 1.54. The Hall–Kier alpha value is -2.08. The summed E-state index contributed by atoms with van der Waals surface area (Å²) in [5.41, 5.74) is 7.87. The van der Waals surface area contributed by atoms with Gasteiger partial charge in [-0.1, -0.05) is 23.4 Å². The first-order chi connectivity index (χ1) is 11.0. The normalized spacial score (nSPS) is 20.6. The van der Waals surface area contributed by atoms with E-state index in [4.69, 9.17) is 15.3 Å². The maximum absolute atomic E-state index is 12.8. The number of benzene rings is 1. The van der Waals surface area contributed by atoms with Crippen molar-refractivity contribution in [2.24, 2.45) is 10.9 Å². The molecule has 1 amide bonds. The molecule has 126 valence electrons. The number of para-hydroxylation sites is 1. The lowest BCUT2D eigenvalue weighted by atomic mass is 9.96. The molecule has 0 spiro atoms. The van der Waals surface area contributed by atoms with Gasteiger partial charge in [0.05, 0.1) is 0 Å². The minimum Gasteiger partial charge on any atom is -0.382 e. The van der Waals surface area contributed by atoms with E-state index in [1.807, 2.05) is 25.1 Å². The summed E-state index contributed by atoms with van der Waals surface area (Å²) < 4.78 is 5.05. The van der Waals surface area contributed by atoms with E-state index in [0.717, 1.165) is 18.5 Å². The molecule has 6 nitrogen and oxygen atoms in total. The second-order valence-electron chi connectivity index (χ2n) is 5.87. The third-order valence-corrected chi connectivity index (χ3v) is 4.19. The first-order valence-electron chi connectivity index (χ1n) is 7.88. The van der Waals surface area contributed by atoms with E-state index in [-0.39, 0.29) is 23.9 Å². The van der Waals surface area contributed by atoms with Crippen molar-refractivity contribution in [3.63, 3.8) is 0 Å². The fourth-order valence-electron chi connectivity index (χ4n) is 2.60. The Morgan fingerprint density at radius 2 is 2.04 bits per heavy atom. The van der Waals surface area contributed by atoms with Gasteiger partial charge in [0.1, 0.15) is 6.10 Å². The molecule has 0 aliphatic carbocycles. The molecule has 3 atom stereocenters. The average Bonchev–Trinajstić information content (AvgIpc) is 2.57. The molecule has 0 bridgehead atoms. The molecule has 0 radical (unpaired) electrons. The van der Waals surface area contributed by atoms with Crippen LogP contribution in [0.15, 0.2) is 29.4 Å². The van der Waals surface area contributed by atoms with Gasteiger partial charge in [0, 0.05) is 18.8 Å². The summed E-state index contributed by atoms with van der Waals surface area (Å²) in [6, 6.07) is 8.10. The zero-order chi connectivity index (χ0) is 17.0. The predicted molar refractivity (Wildman–Crippen MR) is 90.4 cm³/mol. The SMILES string of the molecule is COC(C)/C(N)=N/OC(C)C(=O)N1c2ccccc2CCC1C. The third-order valence-electron chi connectivity index (χ3n) is 4.19. The number of carbonyl (C=O) groups excluding carboxylic acids is 1. The second kappa shape index (κ2) is 7.46. The summed E-state index contributed by atoms with van der Waals surface area (Å²) in [6.45, 7) is 5.49. The molecule has 0 saturated heterocycles. The number of aryl methyl sites for hydroxylation is 1. The van der Waals surface area contributed by atoms with Gasteiger partial charge < -0.3 is 20.2 Å². The second-order valence-corrected chi connectivity index (χ2v) is 5.87. The van der Waals surface area contributed by atoms with Crippen LogP contribution in [0.25, 0.3) is 0 Å². The van der Waals surface area contributed by atoms with Crippen molar-refractivity contribution in [2.45, 2.75) is 51.9 Å². The summed E-state index contributed by atoms with van der Waals surface area (Å²) in [6.07, 6.45) is 0.840. The van der Waals surface area contributed by atoms with Crippen LogP contribution in [0.5, 0.6) is 0 Å². The van der Waals surface area contributed by atoms with Gasteiger partial charge in [-0.05, 0) is 45.2 Å². The molecule has 1 heterocycles. The summed E-state index contributed by atoms with van der Waals surface area (Å²) in [5, 5.41) is 3.81. The summed E-state index contributed by atoms with van der Waals surface area (Å²) in [4.78, 5) is 19.9. The lowest BCUT2D eigenvalue weighted by molar-refractivity contribution is -0.129. The Balaban J connectivity index is 2.13. The molecule has 1 aliphatic heterocycles. The van der Waals surface area contributed by atoms with E-state index in [1.165, 1.54) is 12.7 Å². The highest BCUT2D eigenvalue weighted by atomic mass is 16.6. The lowest BCUT2D eigenvalue weighted by Crippen LogP contribution is -2.47. The topological polar surface area (TPSA) is 77.1 Å². The van der Waals surface area contributed by atoms with Gasteiger partial charge in [-0.2, -0.15) is 0 Å². The fourth-order valence-corrected chi connectivity index (χ4v) is 2.60. The predicted octanol–water partition coefficient (Wildman–Crippen LogP) is 2.07. The number of carbonyl (C=O) groups is 1. The van der Waals surface area contributed by atoms with Crippen LogP contribution in [0.3, 0.4) is 0 Å². The summed E-state index contributed by atoms with van der Waals surface area (Å²) >= 11 is 0. The molecule has 0 aromatic heterocycles. The van der Waals surface area contributed by atoms with Gasteiger partial charge in [-0.25, -0.2) is 0 Å². The van der Waals surface area contributed by atoms with E-state index in [9.17, 15) is 4.79 Å². The van der Waals surface area contributed by atoms with Crippen molar-refractivity contribution >= 4 is 17.4 Å². The van der Waals surface area contributed by atoms with E-state index < -0.39 is 6.10 Å². The number of fused-ring (bicyclic) bond motifs is 1. The van der Waals surface area contributed by atoms with Crippen LogP contribution in [-0.4, -0.2) is 37.1 Å². The Morgan fingerprint density at radius 1 is 1.35 bits per heavy atom. The highest BCUT2D eigenvalue weighted by molar-refractivity contribution is 5.98. The molecule has 3 unspecified atom stereocenters. The van der Waals surface area contributed by atoms with Gasteiger partial charge in [0.25, 0.3) is 5.91 Å². The molecule has 2 N–H and O–H groups in total. The number of nitrogens with zero attached hydrogens (tertiary/aromatic N) is 2. The molecule has 23 heavy (non-hydrogen) atoms. The monoisotopic (exact) mass is 319 g/mol. The number of nitrogens with two attached hydrogens (primary N) is 1. The van der Waals surface area contributed by atoms with Crippen molar-refractivity contribution in [1.82, 2.24) is 0 Å². The maximum atomic E-state index is 12.8. The first-order valence-corrected chi connectivity index (χ1v) is 7.88. The molecular weight excluding hydrogens is 294 g/mol. The van der Waals surface area contributed by atoms with Crippen LogP contribution < -0.4 is 10.6 Å². The Labute approximate surface area is 137 Å². The smallest absolute Gasteiger partial charge is 0.270 e. The minimum absolute atomic E-state index is 0.119. The number of ether oxygens (including phenoxy) is 1. The van der Waals surface area contributed by atoms with Crippen molar-refractivity contribution in [3.05, 3.63) is 29.8 Å². The molecule has 6 heteroatoms. The Bertz CT molecular complexity index is 588. The van der Waals surface area contributed by atoms with Gasteiger partial charge in [0.2, 0.25) is 6.10 Å². The molecule has 2 rings (SSSR count). The van der Waals surface area contributed by atoms with Gasteiger partial charge in [-0.3, -0.25) is 4.79 Å². The third kappa shape index (κ3) is 3.82. The maximum Gasteiger partial charge on any atom is 0.270 e. The first kappa shape index (κ1) is 17.3. The Morgan fingerprint density at radius 3 is 2.74 bits per heavy atom. The van der Waals surface area contributed by atoms with Gasteiger partial charge >= 0.3 is 0 Å². The molecule has 0 fully saturated rings. The van der Waals surface area contributed by atoms with Crippen molar-refractivity contribution in [1.29, 1.82) is 0 Å². The van der Waals surface area contributed by atoms with E-state index in [0.29, 0.717) is 0 Å². The highest BCUT2D eigenvalue weighted by Crippen LogP contribution is 2.31. The molecular formula is C17H25N3O3. The van der Waals surface area contributed by atoms with Crippen LogP contribution >= 0.6 is 0 Å². The van der Waals surface area contributed by atoms with Crippen LogP contribution in [0, 0.1) is 0 Å². The van der Waals surface area contributed by atoms with Crippen LogP contribution in [0.1, 0.15) is 32.8 Å². The number of oxime groups is 1. The lowest BCUT2D eigenvalue weighted by Gasteiger charge is -2.36. The quantitative estimate of drug-likeness (QED) is 0.512. The minimum atomic E-state index is -0.716. The number of hydrogen-bond acceptors (Lipinski definition) is 4. The zero-order valence-electron chi connectivity index (χ0n) is 14.2. The van der Waals surface area contributed by atoms with Crippen molar-refractivity contribution < 1.29 is 14.4 Å². The fraction of sp³-hybridized carbons (Fsp3) is 0.529. The van der Waals surface area contributed by atoms with Gasteiger partial charge in [0.15, 0.2) is 5.84 Å². The summed E-state index contributed by atoms with van der Waals surface area (Å²) in [5.74, 6) is 0.0884. The largest absolute Gasteiger partial charge is 0.382 e. The van der Waals surface area contributed by atoms with Crippen molar-refractivity contribution in [3.8, 4) is 0 Å². The van der Waals surface area contributed by atoms with E-state index in [1.54, 1.807) is 18.7 Å². The number of hydrogen-bond donors (Lipinski definition) is 1. The molecule has 1 aliphatic rings. The number of anilines is 1. The van der Waals surface area contributed by atoms with Crippen LogP contribution in [-0.2, 0) is 20.8 Å². The molecule has 1 aromatic rings. The standard InChI is InChI=1S/C17H25N3O3/c1-11-9-10-14-7-5-6-8-15(14)20(11)17(21)13(3)23-19-16(18)12(2)22-4/h5-8,11-13H,9-10H2,1-4H3,(H2,18,19). The average molecular weight is 319 g/mol. The number of amides is 1. The number of rotatable bonds is 5. The van der Waals surface area contributed by atoms with Crippen LogP contribution in [0.2, 0.25) is 0 Å². The highest BCUT2D eigenvalue weighted by Gasteiger charge is 2.31. The molecule has 1 aromatic carbocycles. The van der Waals surface area contributed by atoms with Crippen molar-refractivity contribution in [2.75, 3.05) is 12.0 Å².